The number of furan rings is 1. The molecular weight excluding hydrogens is 288 g/mol. The minimum atomic E-state index is 0.0346. The summed E-state index contributed by atoms with van der Waals surface area (Å²) in [4.78, 5) is 13.8. The zero-order chi connectivity index (χ0) is 15.4. The molecule has 0 spiro atoms. The molecular formula is C14H20N4O2S. The Balaban J connectivity index is 1.87. The Bertz CT molecular complexity index is 606. The van der Waals surface area contributed by atoms with Crippen molar-refractivity contribution in [2.75, 3.05) is 12.8 Å². The van der Waals surface area contributed by atoms with Crippen molar-refractivity contribution in [1.29, 1.82) is 0 Å². The lowest BCUT2D eigenvalue weighted by molar-refractivity contribution is -0.127. The van der Waals surface area contributed by atoms with Gasteiger partial charge < -0.3 is 13.9 Å². The number of carbonyl (C=O) groups is 1. The average Bonchev–Trinajstić information content (AvgIpc) is 3.04. The molecule has 0 bridgehead atoms. The number of aromatic nitrogens is 3. The van der Waals surface area contributed by atoms with E-state index < -0.39 is 0 Å². The van der Waals surface area contributed by atoms with Crippen molar-refractivity contribution in [1.82, 2.24) is 19.7 Å². The van der Waals surface area contributed by atoms with Gasteiger partial charge in [0, 0.05) is 13.1 Å². The molecule has 2 aromatic rings. The van der Waals surface area contributed by atoms with Crippen molar-refractivity contribution in [2.45, 2.75) is 38.5 Å². The van der Waals surface area contributed by atoms with Crippen molar-refractivity contribution in [3.8, 4) is 0 Å². The van der Waals surface area contributed by atoms with Gasteiger partial charge in [0.25, 0.3) is 0 Å². The lowest BCUT2D eigenvalue weighted by Crippen LogP contribution is -2.27. The Labute approximate surface area is 128 Å². The first kappa shape index (κ1) is 15.6. The van der Waals surface area contributed by atoms with Crippen LogP contribution < -0.4 is 0 Å². The van der Waals surface area contributed by atoms with E-state index in [0.717, 1.165) is 16.7 Å². The first-order chi connectivity index (χ1) is 9.97. The number of hydrogen-bond donors (Lipinski definition) is 0. The summed E-state index contributed by atoms with van der Waals surface area (Å²) in [5.74, 6) is 2.01. The Morgan fingerprint density at radius 3 is 2.86 bits per heavy atom. The maximum absolute atomic E-state index is 12.1. The van der Waals surface area contributed by atoms with Gasteiger partial charge in [0.15, 0.2) is 5.16 Å². The molecule has 2 heterocycles. The number of thioether (sulfide) groups is 1. The highest BCUT2D eigenvalue weighted by atomic mass is 32.2. The van der Waals surface area contributed by atoms with Crippen LogP contribution in [-0.2, 0) is 11.3 Å². The molecule has 2 rings (SSSR count). The Kier molecular flexibility index (Phi) is 5.06. The Morgan fingerprint density at radius 1 is 1.48 bits per heavy atom. The molecule has 0 saturated carbocycles. The SMILES string of the molecule is Cc1ccc(CN(C)C(=O)CSc2nncn2C(C)C)o1. The van der Waals surface area contributed by atoms with Crippen LogP contribution in [0.5, 0.6) is 0 Å². The molecule has 0 atom stereocenters. The predicted octanol–water partition coefficient (Wildman–Crippen LogP) is 2.51. The van der Waals surface area contributed by atoms with Gasteiger partial charge in [-0.2, -0.15) is 0 Å². The van der Waals surface area contributed by atoms with Gasteiger partial charge in [-0.05, 0) is 32.9 Å². The summed E-state index contributed by atoms with van der Waals surface area (Å²) in [5.41, 5.74) is 0. The second-order valence-electron chi connectivity index (χ2n) is 5.17. The van der Waals surface area contributed by atoms with Gasteiger partial charge in [-0.25, -0.2) is 0 Å². The van der Waals surface area contributed by atoms with Gasteiger partial charge in [0.05, 0.1) is 12.3 Å². The molecule has 0 aliphatic rings. The van der Waals surface area contributed by atoms with E-state index in [0.29, 0.717) is 12.3 Å². The molecule has 6 nitrogen and oxygen atoms in total. The third-order valence-corrected chi connectivity index (χ3v) is 3.98. The van der Waals surface area contributed by atoms with Crippen molar-refractivity contribution < 1.29 is 9.21 Å². The third kappa shape index (κ3) is 4.10. The van der Waals surface area contributed by atoms with E-state index in [-0.39, 0.29) is 11.9 Å². The van der Waals surface area contributed by atoms with Crippen LogP contribution >= 0.6 is 11.8 Å². The van der Waals surface area contributed by atoms with Crippen LogP contribution in [0.3, 0.4) is 0 Å². The van der Waals surface area contributed by atoms with E-state index in [1.807, 2.05) is 23.6 Å². The standard InChI is InChI=1S/C14H20N4O2S/c1-10(2)18-9-15-16-14(18)21-8-13(19)17(4)7-12-6-5-11(3)20-12/h5-6,9-10H,7-8H2,1-4H3. The van der Waals surface area contributed by atoms with Crippen LogP contribution in [0.4, 0.5) is 0 Å². The molecule has 1 amide bonds. The van der Waals surface area contributed by atoms with E-state index >= 15 is 0 Å². The minimum Gasteiger partial charge on any atom is -0.464 e. The van der Waals surface area contributed by atoms with Gasteiger partial charge in [-0.3, -0.25) is 4.79 Å². The molecule has 0 saturated heterocycles. The molecule has 0 fully saturated rings. The summed E-state index contributed by atoms with van der Waals surface area (Å²) < 4.78 is 7.43. The topological polar surface area (TPSA) is 64.2 Å². The third-order valence-electron chi connectivity index (χ3n) is 3.04. The predicted molar refractivity (Wildman–Crippen MR) is 81.1 cm³/mol. The molecule has 0 radical (unpaired) electrons. The van der Waals surface area contributed by atoms with E-state index in [1.54, 1.807) is 18.3 Å². The summed E-state index contributed by atoms with van der Waals surface area (Å²) in [6.07, 6.45) is 1.69. The highest BCUT2D eigenvalue weighted by Gasteiger charge is 2.14. The molecule has 0 aromatic carbocycles. The summed E-state index contributed by atoms with van der Waals surface area (Å²) in [6.45, 7) is 6.48. The zero-order valence-electron chi connectivity index (χ0n) is 12.7. The molecule has 0 N–H and O–H groups in total. The van der Waals surface area contributed by atoms with Crippen molar-refractivity contribution in [3.63, 3.8) is 0 Å². The highest BCUT2D eigenvalue weighted by molar-refractivity contribution is 7.99. The van der Waals surface area contributed by atoms with E-state index in [2.05, 4.69) is 24.0 Å². The largest absolute Gasteiger partial charge is 0.464 e. The second-order valence-corrected chi connectivity index (χ2v) is 6.11. The number of aryl methyl sites for hydroxylation is 1. The maximum Gasteiger partial charge on any atom is 0.233 e. The maximum atomic E-state index is 12.1. The van der Waals surface area contributed by atoms with Gasteiger partial charge in [-0.1, -0.05) is 11.8 Å². The lowest BCUT2D eigenvalue weighted by Gasteiger charge is -2.15. The fourth-order valence-electron chi connectivity index (χ4n) is 1.82. The van der Waals surface area contributed by atoms with Gasteiger partial charge in [-0.15, -0.1) is 10.2 Å². The number of carbonyl (C=O) groups excluding carboxylic acids is 1. The smallest absolute Gasteiger partial charge is 0.233 e. The number of hydrogen-bond acceptors (Lipinski definition) is 5. The van der Waals surface area contributed by atoms with Crippen molar-refractivity contribution in [3.05, 3.63) is 30.0 Å². The molecule has 21 heavy (non-hydrogen) atoms. The average molecular weight is 308 g/mol. The van der Waals surface area contributed by atoms with E-state index in [1.165, 1.54) is 11.8 Å². The molecule has 0 aliphatic carbocycles. The fourth-order valence-corrected chi connectivity index (χ4v) is 2.80. The number of nitrogens with zero attached hydrogens (tertiary/aromatic N) is 4. The molecule has 7 heteroatoms. The van der Waals surface area contributed by atoms with Crippen molar-refractivity contribution in [2.24, 2.45) is 0 Å². The summed E-state index contributed by atoms with van der Waals surface area (Å²) in [6, 6.07) is 4.07. The molecule has 114 valence electrons. The van der Waals surface area contributed by atoms with Crippen molar-refractivity contribution >= 4 is 17.7 Å². The number of rotatable bonds is 6. The summed E-state index contributed by atoms with van der Waals surface area (Å²) >= 11 is 1.40. The Morgan fingerprint density at radius 2 is 2.24 bits per heavy atom. The van der Waals surface area contributed by atoms with Crippen LogP contribution in [0.1, 0.15) is 31.4 Å². The Hall–Kier alpha value is -1.76. The lowest BCUT2D eigenvalue weighted by atomic mass is 10.4. The van der Waals surface area contributed by atoms with Gasteiger partial charge in [0.1, 0.15) is 17.8 Å². The second kappa shape index (κ2) is 6.80. The van der Waals surface area contributed by atoms with Crippen LogP contribution in [0.15, 0.2) is 28.0 Å². The zero-order valence-corrected chi connectivity index (χ0v) is 13.6. The molecule has 2 aromatic heterocycles. The monoisotopic (exact) mass is 308 g/mol. The van der Waals surface area contributed by atoms with Crippen LogP contribution in [0.25, 0.3) is 0 Å². The fraction of sp³-hybridized carbons (Fsp3) is 0.500. The van der Waals surface area contributed by atoms with Crippen LogP contribution in [0, 0.1) is 6.92 Å². The van der Waals surface area contributed by atoms with Gasteiger partial charge in [0.2, 0.25) is 5.91 Å². The van der Waals surface area contributed by atoms with E-state index in [9.17, 15) is 4.79 Å². The number of amides is 1. The first-order valence-corrected chi connectivity index (χ1v) is 7.77. The minimum absolute atomic E-state index is 0.0346. The van der Waals surface area contributed by atoms with Crippen LogP contribution in [0.2, 0.25) is 0 Å². The molecule has 0 unspecified atom stereocenters. The summed E-state index contributed by atoms with van der Waals surface area (Å²) in [5, 5.41) is 8.70. The highest BCUT2D eigenvalue weighted by Crippen LogP contribution is 2.19. The van der Waals surface area contributed by atoms with Gasteiger partial charge >= 0.3 is 0 Å². The molecule has 0 aliphatic heterocycles. The first-order valence-electron chi connectivity index (χ1n) is 6.79. The quantitative estimate of drug-likeness (QED) is 0.767. The van der Waals surface area contributed by atoms with E-state index in [4.69, 9.17) is 4.42 Å². The van der Waals surface area contributed by atoms with Crippen LogP contribution in [-0.4, -0.2) is 38.4 Å². The summed E-state index contributed by atoms with van der Waals surface area (Å²) in [7, 11) is 1.77. The normalized spacial score (nSPS) is 11.1.